The summed E-state index contributed by atoms with van der Waals surface area (Å²) in [7, 11) is 1.29. The summed E-state index contributed by atoms with van der Waals surface area (Å²) in [5.41, 5.74) is -0.884. The summed E-state index contributed by atoms with van der Waals surface area (Å²) in [4.78, 5) is 39.8. The Morgan fingerprint density at radius 2 is 1.60 bits per heavy atom. The quantitative estimate of drug-likeness (QED) is 0.399. The standard InChI is InChI=1S/C25H36O5/c1-13-17(21(29)30-7)19(27)18-20(28)25(13,6)12-15-23(4)11-9-16(26)22(2,3)14(23)8-10-24(15,18)5/h14-16,18,26H,8-12H2,1-7H3/t14-,15+,16+,18-,23-,24+,25+/m0/s1. The molecule has 0 radical (unpaired) electrons. The van der Waals surface area contributed by atoms with E-state index in [9.17, 15) is 19.5 Å². The zero-order chi connectivity index (χ0) is 22.4. The molecule has 4 rings (SSSR count). The Hall–Kier alpha value is -1.49. The molecule has 5 heteroatoms. The largest absolute Gasteiger partial charge is 0.465 e. The summed E-state index contributed by atoms with van der Waals surface area (Å²) in [6, 6.07) is 0. The van der Waals surface area contributed by atoms with Crippen molar-refractivity contribution in [3.05, 3.63) is 11.1 Å². The van der Waals surface area contributed by atoms with Gasteiger partial charge in [-0.3, -0.25) is 9.59 Å². The van der Waals surface area contributed by atoms with Gasteiger partial charge in [-0.1, -0.05) is 27.7 Å². The van der Waals surface area contributed by atoms with Crippen LogP contribution in [0.25, 0.3) is 0 Å². The number of fused-ring (bicyclic) bond motifs is 6. The highest BCUT2D eigenvalue weighted by Crippen LogP contribution is 2.71. The Balaban J connectivity index is 1.89. The lowest BCUT2D eigenvalue weighted by molar-refractivity contribution is -0.204. The van der Waals surface area contributed by atoms with Crippen molar-refractivity contribution >= 4 is 17.5 Å². The first-order valence-electron chi connectivity index (χ1n) is 11.3. The number of ketones is 2. The third-order valence-electron chi connectivity index (χ3n) is 10.3. The molecule has 0 aromatic carbocycles. The minimum absolute atomic E-state index is 0.0199. The van der Waals surface area contributed by atoms with Gasteiger partial charge >= 0.3 is 5.97 Å². The van der Waals surface area contributed by atoms with E-state index >= 15 is 0 Å². The van der Waals surface area contributed by atoms with Crippen molar-refractivity contribution in [1.29, 1.82) is 0 Å². The minimum Gasteiger partial charge on any atom is -0.465 e. The normalized spacial score (nSPS) is 47.5. The molecule has 0 saturated heterocycles. The lowest BCUT2D eigenvalue weighted by Gasteiger charge is -2.68. The summed E-state index contributed by atoms with van der Waals surface area (Å²) in [5.74, 6) is -1.25. The summed E-state index contributed by atoms with van der Waals surface area (Å²) in [5, 5.41) is 10.7. The molecule has 7 atom stereocenters. The first-order chi connectivity index (χ1) is 13.8. The number of allylic oxidation sites excluding steroid dienone is 1. The Bertz CT molecular complexity index is 869. The molecule has 0 spiro atoms. The van der Waals surface area contributed by atoms with Crippen molar-refractivity contribution in [2.24, 2.45) is 39.4 Å². The van der Waals surface area contributed by atoms with Crippen molar-refractivity contribution < 1.29 is 24.2 Å². The van der Waals surface area contributed by atoms with Crippen LogP contribution in [0.5, 0.6) is 0 Å². The van der Waals surface area contributed by atoms with Crippen LogP contribution in [0.3, 0.4) is 0 Å². The molecule has 0 aromatic heterocycles. The van der Waals surface area contributed by atoms with Crippen molar-refractivity contribution in [3.63, 3.8) is 0 Å². The van der Waals surface area contributed by atoms with Crippen LogP contribution < -0.4 is 0 Å². The minimum atomic E-state index is -0.822. The summed E-state index contributed by atoms with van der Waals surface area (Å²) < 4.78 is 4.93. The molecule has 3 saturated carbocycles. The number of ether oxygens (including phenoxy) is 1. The number of hydrogen-bond donors (Lipinski definition) is 1. The number of rotatable bonds is 1. The monoisotopic (exact) mass is 416 g/mol. The van der Waals surface area contributed by atoms with Crippen LogP contribution in [0.4, 0.5) is 0 Å². The topological polar surface area (TPSA) is 80.7 Å². The Labute approximate surface area is 179 Å². The summed E-state index contributed by atoms with van der Waals surface area (Å²) in [6.07, 6.45) is 3.63. The third-order valence-corrected chi connectivity index (χ3v) is 10.3. The number of carbonyl (C=O) groups excluding carboxylic acids is 3. The van der Waals surface area contributed by atoms with E-state index in [1.807, 2.05) is 6.92 Å². The second-order valence-corrected chi connectivity index (χ2v) is 11.7. The predicted octanol–water partition coefficient (Wildman–Crippen LogP) is 3.87. The lowest BCUT2D eigenvalue weighted by Crippen LogP contribution is -2.67. The van der Waals surface area contributed by atoms with Crippen LogP contribution in [0, 0.1) is 39.4 Å². The van der Waals surface area contributed by atoms with Gasteiger partial charge in [0.05, 0.1) is 19.1 Å². The van der Waals surface area contributed by atoms with Gasteiger partial charge in [0.25, 0.3) is 0 Å². The molecule has 2 bridgehead atoms. The molecular formula is C25H36O5. The van der Waals surface area contributed by atoms with Gasteiger partial charge in [-0.05, 0) is 79.6 Å². The Morgan fingerprint density at radius 1 is 1.00 bits per heavy atom. The van der Waals surface area contributed by atoms with Crippen molar-refractivity contribution in [3.8, 4) is 0 Å². The van der Waals surface area contributed by atoms with E-state index < -0.39 is 22.7 Å². The number of hydrogen-bond acceptors (Lipinski definition) is 5. The Morgan fingerprint density at radius 3 is 2.20 bits per heavy atom. The van der Waals surface area contributed by atoms with E-state index in [4.69, 9.17) is 4.74 Å². The maximum absolute atomic E-state index is 13.7. The van der Waals surface area contributed by atoms with E-state index in [0.717, 1.165) is 25.7 Å². The molecule has 0 heterocycles. The third kappa shape index (κ3) is 2.36. The highest BCUT2D eigenvalue weighted by atomic mass is 16.5. The molecule has 30 heavy (non-hydrogen) atoms. The van der Waals surface area contributed by atoms with Gasteiger partial charge in [0.15, 0.2) is 11.6 Å². The second-order valence-electron chi connectivity index (χ2n) is 11.7. The zero-order valence-electron chi connectivity index (χ0n) is 19.4. The molecule has 4 aliphatic rings. The van der Waals surface area contributed by atoms with E-state index in [1.165, 1.54) is 7.11 Å². The number of aliphatic hydroxyl groups excluding tert-OH is 1. The zero-order valence-corrected chi connectivity index (χ0v) is 19.4. The van der Waals surface area contributed by atoms with Gasteiger partial charge in [-0.15, -0.1) is 0 Å². The molecular weight excluding hydrogens is 380 g/mol. The Kier molecular flexibility index (Phi) is 4.54. The summed E-state index contributed by atoms with van der Waals surface area (Å²) in [6.45, 7) is 12.5. The molecule has 0 amide bonds. The lowest BCUT2D eigenvalue weighted by atomic mass is 9.35. The molecule has 5 nitrogen and oxygen atoms in total. The van der Waals surface area contributed by atoms with E-state index in [-0.39, 0.29) is 40.0 Å². The SMILES string of the molecule is COC(=O)C1=C(C)[C@@]2(C)C[C@H]3[C@@](C)(CC[C@H]4C(C)(C)[C@H](O)CC[C@]34C)[C@@H](C1=O)C2=O. The van der Waals surface area contributed by atoms with Gasteiger partial charge in [0.1, 0.15) is 5.57 Å². The molecule has 0 aliphatic heterocycles. The molecule has 166 valence electrons. The van der Waals surface area contributed by atoms with Crippen molar-refractivity contribution in [2.45, 2.75) is 79.8 Å². The highest BCUT2D eigenvalue weighted by Gasteiger charge is 2.70. The molecule has 1 N–H and O–H groups in total. The fourth-order valence-corrected chi connectivity index (χ4v) is 8.23. The first-order valence-corrected chi connectivity index (χ1v) is 11.3. The van der Waals surface area contributed by atoms with Gasteiger partial charge < -0.3 is 9.84 Å². The van der Waals surface area contributed by atoms with E-state index in [1.54, 1.807) is 6.92 Å². The van der Waals surface area contributed by atoms with Crippen LogP contribution in [0.15, 0.2) is 11.1 Å². The maximum Gasteiger partial charge on any atom is 0.341 e. The van der Waals surface area contributed by atoms with Crippen LogP contribution in [-0.4, -0.2) is 35.9 Å². The molecule has 0 aromatic rings. The van der Waals surface area contributed by atoms with Gasteiger partial charge in [0, 0.05) is 5.41 Å². The van der Waals surface area contributed by atoms with Gasteiger partial charge in [0.2, 0.25) is 0 Å². The predicted molar refractivity (Wildman–Crippen MR) is 112 cm³/mol. The second kappa shape index (κ2) is 6.27. The van der Waals surface area contributed by atoms with Gasteiger partial charge in [-0.2, -0.15) is 0 Å². The first kappa shape index (κ1) is 21.7. The van der Waals surface area contributed by atoms with Crippen LogP contribution >= 0.6 is 0 Å². The molecule has 4 aliphatic carbocycles. The van der Waals surface area contributed by atoms with Crippen molar-refractivity contribution in [1.82, 2.24) is 0 Å². The highest BCUT2D eigenvalue weighted by molar-refractivity contribution is 6.28. The maximum atomic E-state index is 13.7. The van der Waals surface area contributed by atoms with E-state index in [0.29, 0.717) is 17.9 Å². The van der Waals surface area contributed by atoms with Crippen molar-refractivity contribution in [2.75, 3.05) is 7.11 Å². The number of Topliss-reactive ketones (excluding diaryl/α,β-unsaturated/α-hetero) is 2. The number of aliphatic hydroxyl groups is 1. The average Bonchev–Trinajstić information content (AvgIpc) is 2.66. The number of esters is 1. The fraction of sp³-hybridized carbons (Fsp3) is 0.800. The number of carbonyl (C=O) groups is 3. The van der Waals surface area contributed by atoms with Crippen LogP contribution in [-0.2, 0) is 19.1 Å². The van der Waals surface area contributed by atoms with E-state index in [2.05, 4.69) is 27.7 Å². The van der Waals surface area contributed by atoms with Gasteiger partial charge in [-0.25, -0.2) is 4.79 Å². The number of methoxy groups -OCH3 is 1. The van der Waals surface area contributed by atoms with Crippen LogP contribution in [0.2, 0.25) is 0 Å². The summed E-state index contributed by atoms with van der Waals surface area (Å²) >= 11 is 0. The smallest absolute Gasteiger partial charge is 0.341 e. The molecule has 0 unspecified atom stereocenters. The average molecular weight is 417 g/mol. The molecule has 3 fully saturated rings. The fourth-order valence-electron chi connectivity index (χ4n) is 8.23. The van der Waals surface area contributed by atoms with Crippen LogP contribution in [0.1, 0.15) is 73.6 Å².